The van der Waals surface area contributed by atoms with Crippen LogP contribution >= 0.6 is 0 Å². The Bertz CT molecular complexity index is 191. The number of aliphatic hydroxyl groups is 1. The molecule has 0 aromatic rings. The molecule has 1 saturated carbocycles. The number of hydrogen-bond acceptors (Lipinski definition) is 4. The Morgan fingerprint density at radius 2 is 2.19 bits per heavy atom. The molecule has 2 fully saturated rings. The van der Waals surface area contributed by atoms with Gasteiger partial charge in [-0.2, -0.15) is 0 Å². The zero-order valence-corrected chi connectivity index (χ0v) is 9.86. The Balaban J connectivity index is 1.54. The minimum Gasteiger partial charge on any atom is -0.395 e. The minimum atomic E-state index is 0.0936. The highest BCUT2D eigenvalue weighted by Crippen LogP contribution is 2.19. The van der Waals surface area contributed by atoms with Crippen molar-refractivity contribution in [3.8, 4) is 0 Å². The third-order valence-corrected chi connectivity index (χ3v) is 3.17. The van der Waals surface area contributed by atoms with E-state index >= 15 is 0 Å². The molecule has 94 valence electrons. The van der Waals surface area contributed by atoms with E-state index in [1.807, 2.05) is 0 Å². The summed E-state index contributed by atoms with van der Waals surface area (Å²) in [5, 5.41) is 12.5. The van der Waals surface area contributed by atoms with Crippen LogP contribution < -0.4 is 5.32 Å². The van der Waals surface area contributed by atoms with Crippen molar-refractivity contribution >= 4 is 0 Å². The van der Waals surface area contributed by atoms with Crippen molar-refractivity contribution in [3.63, 3.8) is 0 Å². The van der Waals surface area contributed by atoms with Gasteiger partial charge in [0.2, 0.25) is 0 Å². The highest BCUT2D eigenvalue weighted by Gasteiger charge is 2.24. The number of aliphatic hydroxyl groups excluding tert-OH is 1. The van der Waals surface area contributed by atoms with Crippen molar-refractivity contribution in [3.05, 3.63) is 0 Å². The van der Waals surface area contributed by atoms with Crippen LogP contribution in [0.4, 0.5) is 0 Å². The molecule has 0 radical (unpaired) electrons. The lowest BCUT2D eigenvalue weighted by Crippen LogP contribution is -2.39. The Labute approximate surface area is 97.3 Å². The highest BCUT2D eigenvalue weighted by molar-refractivity contribution is 4.84. The fraction of sp³-hybridized carbons (Fsp3) is 1.00. The Hall–Kier alpha value is -0.160. The third kappa shape index (κ3) is 4.37. The lowest BCUT2D eigenvalue weighted by molar-refractivity contribution is -0.0463. The second-order valence-corrected chi connectivity index (χ2v) is 4.85. The van der Waals surface area contributed by atoms with Gasteiger partial charge in [-0.3, -0.25) is 0 Å². The van der Waals surface area contributed by atoms with Gasteiger partial charge in [0.05, 0.1) is 32.0 Å². The molecule has 16 heavy (non-hydrogen) atoms. The molecule has 0 spiro atoms. The van der Waals surface area contributed by atoms with E-state index in [4.69, 9.17) is 14.6 Å². The fourth-order valence-electron chi connectivity index (χ4n) is 2.02. The number of hydrogen-bond donors (Lipinski definition) is 2. The van der Waals surface area contributed by atoms with Crippen LogP contribution in [0, 0.1) is 0 Å². The molecule has 2 atom stereocenters. The average Bonchev–Trinajstić information content (AvgIpc) is 3.13. The second kappa shape index (κ2) is 6.55. The summed E-state index contributed by atoms with van der Waals surface area (Å²) >= 11 is 0. The molecule has 1 saturated heterocycles. The molecule has 2 unspecified atom stereocenters. The Kier molecular flexibility index (Phi) is 5.03. The van der Waals surface area contributed by atoms with E-state index in [1.54, 1.807) is 0 Å². The fourth-order valence-corrected chi connectivity index (χ4v) is 2.02. The maximum Gasteiger partial charge on any atom is 0.0808 e. The van der Waals surface area contributed by atoms with Crippen molar-refractivity contribution in [2.45, 2.75) is 50.3 Å². The summed E-state index contributed by atoms with van der Waals surface area (Å²) in [5.74, 6) is 0. The molecule has 4 nitrogen and oxygen atoms in total. The van der Waals surface area contributed by atoms with Crippen molar-refractivity contribution in [1.29, 1.82) is 0 Å². The summed E-state index contributed by atoms with van der Waals surface area (Å²) < 4.78 is 11.2. The molecule has 4 heteroatoms. The van der Waals surface area contributed by atoms with E-state index < -0.39 is 0 Å². The van der Waals surface area contributed by atoms with Gasteiger partial charge >= 0.3 is 0 Å². The normalized spacial score (nSPS) is 27.9. The lowest BCUT2D eigenvalue weighted by Gasteiger charge is -2.23. The molecule has 2 aliphatic rings. The molecule has 1 aliphatic heterocycles. The van der Waals surface area contributed by atoms with Crippen LogP contribution in [0.1, 0.15) is 32.1 Å². The lowest BCUT2D eigenvalue weighted by atomic mass is 10.1. The maximum atomic E-state index is 9.17. The molecule has 1 heterocycles. The van der Waals surface area contributed by atoms with Gasteiger partial charge in [0, 0.05) is 12.6 Å². The van der Waals surface area contributed by atoms with Crippen LogP contribution in [0.3, 0.4) is 0 Å². The molecule has 0 aromatic carbocycles. The van der Waals surface area contributed by atoms with Crippen molar-refractivity contribution in [2.24, 2.45) is 0 Å². The molecule has 1 aliphatic carbocycles. The highest BCUT2D eigenvalue weighted by atomic mass is 16.5. The van der Waals surface area contributed by atoms with Gasteiger partial charge in [-0.25, -0.2) is 0 Å². The third-order valence-electron chi connectivity index (χ3n) is 3.17. The maximum absolute atomic E-state index is 9.17. The largest absolute Gasteiger partial charge is 0.395 e. The zero-order chi connectivity index (χ0) is 11.2. The molecule has 2 rings (SSSR count). The van der Waals surface area contributed by atoms with E-state index in [9.17, 15) is 0 Å². The summed E-state index contributed by atoms with van der Waals surface area (Å²) in [6.45, 7) is 2.29. The molecule has 2 N–H and O–H groups in total. The van der Waals surface area contributed by atoms with Crippen molar-refractivity contribution in [1.82, 2.24) is 5.32 Å². The quantitative estimate of drug-likeness (QED) is 0.674. The van der Waals surface area contributed by atoms with E-state index in [2.05, 4.69) is 5.32 Å². The van der Waals surface area contributed by atoms with Gasteiger partial charge in [0.1, 0.15) is 0 Å². The topological polar surface area (TPSA) is 50.7 Å². The molecule has 0 amide bonds. The van der Waals surface area contributed by atoms with E-state index in [0.717, 1.165) is 13.0 Å². The average molecular weight is 229 g/mol. The van der Waals surface area contributed by atoms with Gasteiger partial charge in [0.15, 0.2) is 0 Å². The predicted octanol–water partition coefficient (Wildman–Crippen LogP) is 0.685. The molecule has 0 bridgehead atoms. The van der Waals surface area contributed by atoms with Gasteiger partial charge in [-0.05, 0) is 32.1 Å². The summed E-state index contributed by atoms with van der Waals surface area (Å²) in [7, 11) is 0. The van der Waals surface area contributed by atoms with Crippen LogP contribution in [-0.4, -0.2) is 49.7 Å². The van der Waals surface area contributed by atoms with Crippen LogP contribution in [0.25, 0.3) is 0 Å². The Morgan fingerprint density at radius 3 is 2.81 bits per heavy atom. The summed E-state index contributed by atoms with van der Waals surface area (Å²) in [6, 6.07) is 0.711. The smallest absolute Gasteiger partial charge is 0.0808 e. The first-order valence-corrected chi connectivity index (χ1v) is 6.44. The number of nitrogens with one attached hydrogen (secondary N) is 1. The number of rotatable bonds is 7. The monoisotopic (exact) mass is 229 g/mol. The van der Waals surface area contributed by atoms with Crippen LogP contribution in [0.2, 0.25) is 0 Å². The van der Waals surface area contributed by atoms with Gasteiger partial charge in [-0.1, -0.05) is 0 Å². The van der Waals surface area contributed by atoms with Crippen molar-refractivity contribution in [2.75, 3.05) is 26.4 Å². The summed E-state index contributed by atoms with van der Waals surface area (Å²) in [5.41, 5.74) is 0. The first-order chi connectivity index (χ1) is 7.88. The SMILES string of the molecule is OCC(COCC1CCCCO1)NC1CC1. The van der Waals surface area contributed by atoms with Crippen LogP contribution in [0.5, 0.6) is 0 Å². The summed E-state index contributed by atoms with van der Waals surface area (Å²) in [4.78, 5) is 0. The van der Waals surface area contributed by atoms with Gasteiger partial charge in [-0.15, -0.1) is 0 Å². The second-order valence-electron chi connectivity index (χ2n) is 4.85. The molecular weight excluding hydrogens is 206 g/mol. The van der Waals surface area contributed by atoms with Crippen molar-refractivity contribution < 1.29 is 14.6 Å². The first kappa shape index (κ1) is 12.3. The summed E-state index contributed by atoms with van der Waals surface area (Å²) in [6.07, 6.45) is 6.29. The van der Waals surface area contributed by atoms with E-state index in [-0.39, 0.29) is 18.8 Å². The van der Waals surface area contributed by atoms with Gasteiger partial charge < -0.3 is 19.9 Å². The molecular formula is C12H23NO3. The van der Waals surface area contributed by atoms with Crippen LogP contribution in [-0.2, 0) is 9.47 Å². The van der Waals surface area contributed by atoms with Crippen LogP contribution in [0.15, 0.2) is 0 Å². The predicted molar refractivity (Wildman–Crippen MR) is 61.4 cm³/mol. The van der Waals surface area contributed by atoms with E-state index in [0.29, 0.717) is 19.3 Å². The zero-order valence-electron chi connectivity index (χ0n) is 9.86. The van der Waals surface area contributed by atoms with E-state index in [1.165, 1.54) is 25.7 Å². The minimum absolute atomic E-state index is 0.0936. The molecule has 0 aromatic heterocycles. The first-order valence-electron chi connectivity index (χ1n) is 6.44. The number of ether oxygens (including phenoxy) is 2. The Morgan fingerprint density at radius 1 is 1.31 bits per heavy atom. The van der Waals surface area contributed by atoms with Gasteiger partial charge in [0.25, 0.3) is 0 Å². The standard InChI is InChI=1S/C12H23NO3/c14-7-11(13-10-4-5-10)8-15-9-12-3-1-2-6-16-12/h10-14H,1-9H2.